The van der Waals surface area contributed by atoms with E-state index in [0.29, 0.717) is 0 Å². The Kier molecular flexibility index (Phi) is 5.85. The summed E-state index contributed by atoms with van der Waals surface area (Å²) in [6.07, 6.45) is 1.12. The van der Waals surface area contributed by atoms with E-state index >= 15 is 0 Å². The number of sulfonamides is 1. The summed E-state index contributed by atoms with van der Waals surface area (Å²) >= 11 is 6.15. The molecule has 0 aliphatic carbocycles. The van der Waals surface area contributed by atoms with Crippen molar-refractivity contribution in [3.8, 4) is 22.6 Å². The molecule has 33 heavy (non-hydrogen) atoms. The summed E-state index contributed by atoms with van der Waals surface area (Å²) in [5.74, 6) is -3.29. The number of methoxy groups -OCH3 is 2. The van der Waals surface area contributed by atoms with E-state index in [1.165, 1.54) is 26.4 Å². The van der Waals surface area contributed by atoms with Gasteiger partial charge in [0.2, 0.25) is 5.95 Å². The minimum absolute atomic E-state index is 0.139. The van der Waals surface area contributed by atoms with E-state index in [4.69, 9.17) is 25.8 Å². The normalized spacial score (nSPS) is 14.5. The maximum atomic E-state index is 14.9. The fraction of sp³-hybridized carbons (Fsp3) is 0.143. The van der Waals surface area contributed by atoms with Crippen molar-refractivity contribution in [2.45, 2.75) is 11.5 Å². The number of halogens is 3. The van der Waals surface area contributed by atoms with E-state index in [-0.39, 0.29) is 44.5 Å². The first-order chi connectivity index (χ1) is 15.6. The van der Waals surface area contributed by atoms with Crippen LogP contribution in [0.4, 0.5) is 14.5 Å². The lowest BCUT2D eigenvalue weighted by molar-refractivity contribution is 0.0472. The topological polar surface area (TPSA) is 104 Å². The number of pyridine rings is 1. The van der Waals surface area contributed by atoms with Gasteiger partial charge in [-0.2, -0.15) is 4.39 Å². The molecule has 2 aromatic carbocycles. The molecule has 0 atom stereocenters. The molecule has 0 fully saturated rings. The Morgan fingerprint density at radius 1 is 1.06 bits per heavy atom. The van der Waals surface area contributed by atoms with Crippen LogP contribution < -0.4 is 14.2 Å². The fourth-order valence-corrected chi connectivity index (χ4v) is 5.01. The molecule has 1 N–H and O–H groups in total. The van der Waals surface area contributed by atoms with Crippen LogP contribution in [0.3, 0.4) is 0 Å². The summed E-state index contributed by atoms with van der Waals surface area (Å²) in [5.41, 5.74) is 0.0841. The molecular formula is C21H15ClF2N2O6S. The highest BCUT2D eigenvalue weighted by Gasteiger charge is 2.28. The molecular weight excluding hydrogens is 482 g/mol. The zero-order valence-electron chi connectivity index (χ0n) is 17.1. The third-order valence-corrected chi connectivity index (χ3v) is 6.51. The third kappa shape index (κ3) is 4.16. The molecule has 0 saturated heterocycles. The summed E-state index contributed by atoms with van der Waals surface area (Å²) in [4.78, 5) is 15.7. The first-order valence-corrected chi connectivity index (χ1v) is 11.1. The van der Waals surface area contributed by atoms with Gasteiger partial charge in [0.25, 0.3) is 10.0 Å². The van der Waals surface area contributed by atoms with E-state index in [2.05, 4.69) is 9.71 Å². The van der Waals surface area contributed by atoms with Gasteiger partial charge >= 0.3 is 5.97 Å². The summed E-state index contributed by atoms with van der Waals surface area (Å²) in [6.45, 7) is -0.407. The van der Waals surface area contributed by atoms with Crippen molar-refractivity contribution in [3.63, 3.8) is 0 Å². The lowest BCUT2D eigenvalue weighted by Gasteiger charge is -2.17. The number of benzene rings is 2. The van der Waals surface area contributed by atoms with Crippen molar-refractivity contribution in [2.75, 3.05) is 18.9 Å². The Balaban J connectivity index is 2.04. The number of nitrogens with one attached hydrogen (secondary N) is 1. The lowest BCUT2D eigenvalue weighted by Crippen LogP contribution is -2.16. The Morgan fingerprint density at radius 2 is 1.79 bits per heavy atom. The van der Waals surface area contributed by atoms with Crippen LogP contribution in [-0.4, -0.2) is 33.6 Å². The first-order valence-electron chi connectivity index (χ1n) is 9.24. The summed E-state index contributed by atoms with van der Waals surface area (Å²) in [5, 5.41) is -0.176. The van der Waals surface area contributed by atoms with Gasteiger partial charge in [-0.3, -0.25) is 4.72 Å². The Labute approximate surface area is 192 Å². The number of rotatable bonds is 2. The standard InChI is InChI=1S/C21H15ClF2N2O6S/c1-30-19-14(22)3-11-6-17(19)33(28,29)26-16-5-10(4-15(23)20(16)31-2)13-8-25-18(24)7-12(13)9-32-21(11)27/h3-8,26H,9H2,1-2H3. The smallest absolute Gasteiger partial charge is 0.338 e. The quantitative estimate of drug-likeness (QED) is 0.419. The maximum absolute atomic E-state index is 14.9. The maximum Gasteiger partial charge on any atom is 0.338 e. The van der Waals surface area contributed by atoms with Crippen molar-refractivity contribution < 1.29 is 36.2 Å². The Morgan fingerprint density at radius 3 is 2.48 bits per heavy atom. The molecule has 4 bridgehead atoms. The SMILES string of the molecule is COc1c(F)cc2cc1NS(=O)(=O)c1cc(cc(Cl)c1OC)C(=O)OCc1cc(F)ncc1-2. The van der Waals surface area contributed by atoms with E-state index in [1.807, 2.05) is 0 Å². The number of ether oxygens (including phenoxy) is 3. The molecule has 3 aromatic rings. The van der Waals surface area contributed by atoms with Crippen molar-refractivity contribution in [3.05, 3.63) is 64.4 Å². The number of nitrogens with zero attached hydrogens (tertiary/aromatic N) is 1. The highest BCUT2D eigenvalue weighted by molar-refractivity contribution is 7.92. The molecule has 172 valence electrons. The average molecular weight is 497 g/mol. The minimum atomic E-state index is -4.47. The van der Waals surface area contributed by atoms with Crippen molar-refractivity contribution >= 4 is 33.3 Å². The van der Waals surface area contributed by atoms with Gasteiger partial charge in [-0.1, -0.05) is 11.6 Å². The number of hydrogen-bond donors (Lipinski definition) is 1. The van der Waals surface area contributed by atoms with Crippen molar-refractivity contribution in [1.29, 1.82) is 0 Å². The molecule has 0 radical (unpaired) electrons. The van der Waals surface area contributed by atoms with Crippen LogP contribution in [0.1, 0.15) is 15.9 Å². The van der Waals surface area contributed by atoms with Gasteiger partial charge in [-0.25, -0.2) is 22.6 Å². The molecule has 0 spiro atoms. The fourth-order valence-electron chi connectivity index (χ4n) is 3.39. The molecule has 2 heterocycles. The lowest BCUT2D eigenvalue weighted by atomic mass is 10.0. The number of carbonyl (C=O) groups is 1. The van der Waals surface area contributed by atoms with Crippen LogP contribution in [-0.2, 0) is 21.4 Å². The van der Waals surface area contributed by atoms with E-state index in [0.717, 1.165) is 24.4 Å². The zero-order valence-corrected chi connectivity index (χ0v) is 18.7. The van der Waals surface area contributed by atoms with Crippen LogP contribution in [0, 0.1) is 11.8 Å². The van der Waals surface area contributed by atoms with Crippen LogP contribution >= 0.6 is 11.6 Å². The van der Waals surface area contributed by atoms with Gasteiger partial charge in [-0.05, 0) is 29.8 Å². The van der Waals surface area contributed by atoms with Crippen molar-refractivity contribution in [1.82, 2.24) is 4.98 Å². The molecule has 1 aliphatic rings. The van der Waals surface area contributed by atoms with Crippen LogP contribution in [0.25, 0.3) is 11.1 Å². The van der Waals surface area contributed by atoms with Gasteiger partial charge in [0.15, 0.2) is 17.3 Å². The molecule has 1 aliphatic heterocycles. The van der Waals surface area contributed by atoms with Crippen LogP contribution in [0.2, 0.25) is 5.02 Å². The first kappa shape index (κ1) is 22.7. The number of anilines is 1. The third-order valence-electron chi connectivity index (χ3n) is 4.86. The second kappa shape index (κ2) is 8.49. The van der Waals surface area contributed by atoms with Crippen molar-refractivity contribution in [2.24, 2.45) is 0 Å². The summed E-state index contributed by atoms with van der Waals surface area (Å²) in [7, 11) is -2.10. The average Bonchev–Trinajstić information content (AvgIpc) is 2.76. The van der Waals surface area contributed by atoms with E-state index in [9.17, 15) is 22.0 Å². The van der Waals surface area contributed by atoms with Gasteiger partial charge in [0, 0.05) is 23.4 Å². The molecule has 8 nitrogen and oxygen atoms in total. The molecule has 0 unspecified atom stereocenters. The predicted molar refractivity (Wildman–Crippen MR) is 114 cm³/mol. The van der Waals surface area contributed by atoms with Gasteiger partial charge < -0.3 is 14.2 Å². The van der Waals surface area contributed by atoms with E-state index in [1.54, 1.807) is 0 Å². The highest BCUT2D eigenvalue weighted by Crippen LogP contribution is 2.39. The summed E-state index contributed by atoms with van der Waals surface area (Å²) in [6, 6.07) is 5.56. The molecule has 12 heteroatoms. The zero-order chi connectivity index (χ0) is 23.9. The Bertz CT molecular complexity index is 1400. The number of hydrogen-bond acceptors (Lipinski definition) is 7. The summed E-state index contributed by atoms with van der Waals surface area (Å²) < 4.78 is 72.8. The largest absolute Gasteiger partial charge is 0.494 e. The highest BCUT2D eigenvalue weighted by atomic mass is 35.5. The van der Waals surface area contributed by atoms with Gasteiger partial charge in [-0.15, -0.1) is 0 Å². The van der Waals surface area contributed by atoms with E-state index < -0.39 is 39.3 Å². The number of esters is 1. The molecule has 4 rings (SSSR count). The monoisotopic (exact) mass is 496 g/mol. The second-order valence-electron chi connectivity index (χ2n) is 6.87. The Hall–Kier alpha value is -3.44. The minimum Gasteiger partial charge on any atom is -0.494 e. The van der Waals surface area contributed by atoms with Crippen LogP contribution in [0.5, 0.6) is 11.5 Å². The number of cyclic esters (lactones) is 1. The molecule has 0 amide bonds. The second-order valence-corrected chi connectivity index (χ2v) is 8.93. The number of carbonyl (C=O) groups excluding carboxylic acids is 1. The number of aromatic nitrogens is 1. The predicted octanol–water partition coefficient (Wildman–Crippen LogP) is 4.17. The molecule has 1 aromatic heterocycles. The number of fused-ring (bicyclic) bond motifs is 6. The van der Waals surface area contributed by atoms with Gasteiger partial charge in [0.1, 0.15) is 11.5 Å². The van der Waals surface area contributed by atoms with Gasteiger partial charge in [0.05, 0.1) is 30.5 Å². The van der Waals surface area contributed by atoms with Crippen LogP contribution in [0.15, 0.2) is 41.4 Å². The molecule has 0 saturated carbocycles.